The summed E-state index contributed by atoms with van der Waals surface area (Å²) >= 11 is 0. The molecule has 4 unspecified atom stereocenters. The Labute approximate surface area is 107 Å². The number of hydrogen-bond acceptors (Lipinski definition) is 2. The van der Waals surface area contributed by atoms with Crippen LogP contribution in [0.5, 0.6) is 0 Å². The summed E-state index contributed by atoms with van der Waals surface area (Å²) in [6, 6.07) is 2.31. The highest BCUT2D eigenvalue weighted by Crippen LogP contribution is 2.36. The molecule has 0 aromatic carbocycles. The van der Waals surface area contributed by atoms with Crippen molar-refractivity contribution in [2.24, 2.45) is 5.92 Å². The van der Waals surface area contributed by atoms with Gasteiger partial charge < -0.3 is 5.32 Å². The van der Waals surface area contributed by atoms with Crippen LogP contribution in [0.2, 0.25) is 0 Å². The SMILES string of the molecule is CNC(C)CC(C)N1CCCC2CCCCC21. The fourth-order valence-corrected chi connectivity index (χ4v) is 3.98. The maximum absolute atomic E-state index is 3.38. The molecule has 1 aliphatic heterocycles. The average Bonchev–Trinajstić information content (AvgIpc) is 2.37. The highest BCUT2D eigenvalue weighted by Gasteiger charge is 2.35. The van der Waals surface area contributed by atoms with Crippen LogP contribution in [0.15, 0.2) is 0 Å². The average molecular weight is 238 g/mol. The predicted octanol–water partition coefficient (Wildman–Crippen LogP) is 3.03. The van der Waals surface area contributed by atoms with E-state index < -0.39 is 0 Å². The number of hydrogen-bond donors (Lipinski definition) is 1. The molecule has 0 aromatic heterocycles. The van der Waals surface area contributed by atoms with Gasteiger partial charge in [0.1, 0.15) is 0 Å². The van der Waals surface area contributed by atoms with Gasteiger partial charge in [0.15, 0.2) is 0 Å². The molecule has 0 spiro atoms. The Balaban J connectivity index is 1.93. The van der Waals surface area contributed by atoms with Crippen LogP contribution in [-0.2, 0) is 0 Å². The van der Waals surface area contributed by atoms with Crippen molar-refractivity contribution in [2.75, 3.05) is 13.6 Å². The fraction of sp³-hybridized carbons (Fsp3) is 1.00. The lowest BCUT2D eigenvalue weighted by Gasteiger charge is -2.47. The monoisotopic (exact) mass is 238 g/mol. The van der Waals surface area contributed by atoms with Crippen LogP contribution in [-0.4, -0.2) is 36.6 Å². The van der Waals surface area contributed by atoms with Crippen molar-refractivity contribution in [1.82, 2.24) is 10.2 Å². The molecule has 2 aliphatic rings. The van der Waals surface area contributed by atoms with Crippen LogP contribution < -0.4 is 5.32 Å². The molecular weight excluding hydrogens is 208 g/mol. The molecule has 2 nitrogen and oxygen atoms in total. The zero-order valence-corrected chi connectivity index (χ0v) is 11.9. The Morgan fingerprint density at radius 3 is 2.59 bits per heavy atom. The van der Waals surface area contributed by atoms with Crippen molar-refractivity contribution in [1.29, 1.82) is 0 Å². The third-order valence-electron chi connectivity index (χ3n) is 5.04. The lowest BCUT2D eigenvalue weighted by Crippen LogP contribution is -2.51. The van der Waals surface area contributed by atoms with Crippen molar-refractivity contribution in [3.05, 3.63) is 0 Å². The molecule has 4 atom stereocenters. The van der Waals surface area contributed by atoms with Crippen molar-refractivity contribution in [3.8, 4) is 0 Å². The zero-order valence-electron chi connectivity index (χ0n) is 11.9. The van der Waals surface area contributed by atoms with Gasteiger partial charge in [-0.3, -0.25) is 4.90 Å². The number of nitrogens with one attached hydrogen (secondary N) is 1. The molecule has 17 heavy (non-hydrogen) atoms. The molecule has 2 fully saturated rings. The molecule has 1 heterocycles. The van der Waals surface area contributed by atoms with Crippen molar-refractivity contribution >= 4 is 0 Å². The molecule has 1 saturated carbocycles. The molecule has 1 aliphatic carbocycles. The lowest BCUT2D eigenvalue weighted by molar-refractivity contribution is 0.0263. The Morgan fingerprint density at radius 2 is 1.82 bits per heavy atom. The van der Waals surface area contributed by atoms with Crippen LogP contribution >= 0.6 is 0 Å². The standard InChI is InChI=1S/C15H30N2/c1-12(16-3)11-13(2)17-10-6-8-14-7-4-5-9-15(14)17/h12-16H,4-11H2,1-3H3. The molecule has 0 radical (unpaired) electrons. The van der Waals surface area contributed by atoms with E-state index in [4.69, 9.17) is 0 Å². The summed E-state index contributed by atoms with van der Waals surface area (Å²) in [4.78, 5) is 2.83. The first-order valence-electron chi connectivity index (χ1n) is 7.65. The van der Waals surface area contributed by atoms with Crippen LogP contribution in [0.3, 0.4) is 0 Å². The Kier molecular flexibility index (Phi) is 4.87. The van der Waals surface area contributed by atoms with Gasteiger partial charge in [-0.25, -0.2) is 0 Å². The summed E-state index contributed by atoms with van der Waals surface area (Å²) in [6.07, 6.45) is 10.1. The second-order valence-corrected chi connectivity index (χ2v) is 6.27. The number of likely N-dealkylation sites (tertiary alicyclic amines) is 1. The van der Waals surface area contributed by atoms with Gasteiger partial charge in [-0.1, -0.05) is 12.8 Å². The molecule has 2 heteroatoms. The smallest absolute Gasteiger partial charge is 0.0126 e. The number of piperidine rings is 1. The van der Waals surface area contributed by atoms with E-state index in [0.717, 1.165) is 18.0 Å². The van der Waals surface area contributed by atoms with E-state index in [1.165, 1.54) is 51.5 Å². The zero-order chi connectivity index (χ0) is 12.3. The molecule has 1 saturated heterocycles. The summed E-state index contributed by atoms with van der Waals surface area (Å²) in [7, 11) is 2.08. The number of nitrogens with zero attached hydrogens (tertiary/aromatic N) is 1. The van der Waals surface area contributed by atoms with Crippen molar-refractivity contribution in [2.45, 2.75) is 76.9 Å². The van der Waals surface area contributed by atoms with E-state index in [0.29, 0.717) is 6.04 Å². The lowest BCUT2D eigenvalue weighted by atomic mass is 9.77. The van der Waals surface area contributed by atoms with Gasteiger partial charge in [-0.15, -0.1) is 0 Å². The third kappa shape index (κ3) is 3.23. The summed E-state index contributed by atoms with van der Waals surface area (Å²) in [5.74, 6) is 1.02. The summed E-state index contributed by atoms with van der Waals surface area (Å²) in [5, 5.41) is 3.38. The van der Waals surface area contributed by atoms with Gasteiger partial charge in [-0.2, -0.15) is 0 Å². The van der Waals surface area contributed by atoms with Crippen LogP contribution in [0, 0.1) is 5.92 Å². The minimum absolute atomic E-state index is 0.647. The molecular formula is C15H30N2. The molecule has 0 aromatic rings. The minimum atomic E-state index is 0.647. The largest absolute Gasteiger partial charge is 0.317 e. The van der Waals surface area contributed by atoms with Gasteiger partial charge >= 0.3 is 0 Å². The minimum Gasteiger partial charge on any atom is -0.317 e. The first-order chi connectivity index (χ1) is 8.22. The Bertz CT molecular complexity index is 227. The summed E-state index contributed by atoms with van der Waals surface area (Å²) in [5.41, 5.74) is 0. The Morgan fingerprint density at radius 1 is 1.12 bits per heavy atom. The van der Waals surface area contributed by atoms with E-state index in [9.17, 15) is 0 Å². The topological polar surface area (TPSA) is 15.3 Å². The number of rotatable bonds is 4. The third-order valence-corrected chi connectivity index (χ3v) is 5.04. The molecule has 0 amide bonds. The van der Waals surface area contributed by atoms with Crippen LogP contribution in [0.25, 0.3) is 0 Å². The van der Waals surface area contributed by atoms with Crippen molar-refractivity contribution < 1.29 is 0 Å². The fourth-order valence-electron chi connectivity index (χ4n) is 3.98. The molecule has 100 valence electrons. The summed E-state index contributed by atoms with van der Waals surface area (Å²) < 4.78 is 0. The van der Waals surface area contributed by atoms with Crippen LogP contribution in [0.4, 0.5) is 0 Å². The van der Waals surface area contributed by atoms with E-state index in [-0.39, 0.29) is 0 Å². The predicted molar refractivity (Wildman–Crippen MR) is 74.3 cm³/mol. The van der Waals surface area contributed by atoms with E-state index in [1.807, 2.05) is 0 Å². The van der Waals surface area contributed by atoms with Gasteiger partial charge in [0, 0.05) is 18.1 Å². The quantitative estimate of drug-likeness (QED) is 0.810. The van der Waals surface area contributed by atoms with Gasteiger partial charge in [0.2, 0.25) is 0 Å². The van der Waals surface area contributed by atoms with E-state index in [2.05, 4.69) is 31.1 Å². The van der Waals surface area contributed by atoms with Gasteiger partial charge in [-0.05, 0) is 65.5 Å². The number of fused-ring (bicyclic) bond motifs is 1. The Hall–Kier alpha value is -0.0800. The highest BCUT2D eigenvalue weighted by molar-refractivity contribution is 4.90. The van der Waals surface area contributed by atoms with Gasteiger partial charge in [0.05, 0.1) is 0 Å². The van der Waals surface area contributed by atoms with Gasteiger partial charge in [0.25, 0.3) is 0 Å². The molecule has 2 rings (SSSR count). The second-order valence-electron chi connectivity index (χ2n) is 6.27. The normalized spacial score (nSPS) is 34.1. The van der Waals surface area contributed by atoms with E-state index in [1.54, 1.807) is 0 Å². The van der Waals surface area contributed by atoms with Crippen LogP contribution in [0.1, 0.15) is 58.8 Å². The molecule has 1 N–H and O–H groups in total. The maximum atomic E-state index is 3.38. The second kappa shape index (κ2) is 6.19. The van der Waals surface area contributed by atoms with E-state index >= 15 is 0 Å². The maximum Gasteiger partial charge on any atom is 0.0126 e. The van der Waals surface area contributed by atoms with Crippen molar-refractivity contribution in [3.63, 3.8) is 0 Å². The first-order valence-corrected chi connectivity index (χ1v) is 7.65. The highest BCUT2D eigenvalue weighted by atomic mass is 15.2. The summed E-state index contributed by atoms with van der Waals surface area (Å²) in [6.45, 7) is 6.09. The molecule has 0 bridgehead atoms. The first kappa shape index (κ1) is 13.4.